The maximum atomic E-state index is 11.0. The van der Waals surface area contributed by atoms with Gasteiger partial charge in [0.2, 0.25) is 0 Å². The van der Waals surface area contributed by atoms with Gasteiger partial charge in [0.25, 0.3) is 0 Å². The molecule has 4 aromatic rings. The Morgan fingerprint density at radius 1 is 0.967 bits per heavy atom. The van der Waals surface area contributed by atoms with Crippen LogP contribution in [0.3, 0.4) is 0 Å². The summed E-state index contributed by atoms with van der Waals surface area (Å²) in [5.41, 5.74) is 3.64. The molecule has 9 heteroatoms. The Bertz CT molecular complexity index is 1210. The van der Waals surface area contributed by atoms with E-state index < -0.39 is 5.97 Å². The summed E-state index contributed by atoms with van der Waals surface area (Å²) in [5, 5.41) is 21.1. The van der Waals surface area contributed by atoms with Crippen molar-refractivity contribution in [2.75, 3.05) is 10.6 Å². The lowest BCUT2D eigenvalue weighted by molar-refractivity contribution is 0.0697. The average Bonchev–Trinajstić information content (AvgIpc) is 3.15. The number of nitrogens with zero attached hydrogens (tertiary/aromatic N) is 3. The SMILES string of the molecule is O=C(O)c1ccc(NCc2cnc3ccc(NCc4ccc(Cl)c(Cl)c4)nn23)cc1. The van der Waals surface area contributed by atoms with Crippen molar-refractivity contribution >= 4 is 46.3 Å². The van der Waals surface area contributed by atoms with Crippen molar-refractivity contribution in [3.05, 3.63) is 87.7 Å². The van der Waals surface area contributed by atoms with E-state index in [0.29, 0.717) is 29.0 Å². The van der Waals surface area contributed by atoms with E-state index in [-0.39, 0.29) is 5.56 Å². The summed E-state index contributed by atoms with van der Waals surface area (Å²) in [6, 6.07) is 15.8. The molecule has 0 bridgehead atoms. The molecule has 2 aromatic heterocycles. The predicted molar refractivity (Wildman–Crippen MR) is 118 cm³/mol. The number of aromatic nitrogens is 3. The number of carboxylic acid groups (broad SMARTS) is 1. The number of fused-ring (bicyclic) bond motifs is 1. The molecule has 7 nitrogen and oxygen atoms in total. The number of carbonyl (C=O) groups is 1. The highest BCUT2D eigenvalue weighted by molar-refractivity contribution is 6.42. The fourth-order valence-electron chi connectivity index (χ4n) is 2.90. The zero-order valence-electron chi connectivity index (χ0n) is 15.6. The third-order valence-corrected chi connectivity index (χ3v) is 5.24. The first kappa shape index (κ1) is 20.0. The van der Waals surface area contributed by atoms with Crippen LogP contribution in [0.2, 0.25) is 10.0 Å². The summed E-state index contributed by atoms with van der Waals surface area (Å²) in [7, 11) is 0. The Morgan fingerprint density at radius 3 is 2.50 bits per heavy atom. The van der Waals surface area contributed by atoms with Gasteiger partial charge in [-0.1, -0.05) is 29.3 Å². The normalized spacial score (nSPS) is 10.9. The van der Waals surface area contributed by atoms with Gasteiger partial charge in [0.1, 0.15) is 5.82 Å². The molecule has 0 atom stereocenters. The number of hydrogen-bond donors (Lipinski definition) is 3. The van der Waals surface area contributed by atoms with Gasteiger partial charge in [0.05, 0.1) is 34.0 Å². The summed E-state index contributed by atoms with van der Waals surface area (Å²) in [5.74, 6) is -0.257. The van der Waals surface area contributed by atoms with Gasteiger partial charge in [-0.25, -0.2) is 14.3 Å². The van der Waals surface area contributed by atoms with E-state index in [4.69, 9.17) is 28.3 Å². The van der Waals surface area contributed by atoms with E-state index in [1.165, 1.54) is 0 Å². The number of nitrogens with one attached hydrogen (secondary N) is 2. The lowest BCUT2D eigenvalue weighted by atomic mass is 10.2. The monoisotopic (exact) mass is 441 g/mol. The molecule has 0 saturated heterocycles. The van der Waals surface area contributed by atoms with Crippen LogP contribution in [-0.4, -0.2) is 25.7 Å². The topological polar surface area (TPSA) is 91.5 Å². The van der Waals surface area contributed by atoms with Crippen LogP contribution in [0, 0.1) is 0 Å². The van der Waals surface area contributed by atoms with Crippen LogP contribution in [-0.2, 0) is 13.1 Å². The third-order valence-electron chi connectivity index (χ3n) is 4.50. The summed E-state index contributed by atoms with van der Waals surface area (Å²) in [6.07, 6.45) is 1.75. The van der Waals surface area contributed by atoms with Gasteiger partial charge in [-0.2, -0.15) is 0 Å². The first-order valence-electron chi connectivity index (χ1n) is 9.08. The van der Waals surface area contributed by atoms with Crippen molar-refractivity contribution in [2.45, 2.75) is 13.1 Å². The zero-order valence-corrected chi connectivity index (χ0v) is 17.2. The molecule has 30 heavy (non-hydrogen) atoms. The van der Waals surface area contributed by atoms with Crippen LogP contribution in [0.15, 0.2) is 60.8 Å². The molecule has 2 heterocycles. The average molecular weight is 442 g/mol. The number of imidazole rings is 1. The summed E-state index contributed by atoms with van der Waals surface area (Å²) in [6.45, 7) is 1.03. The molecule has 0 aliphatic heterocycles. The van der Waals surface area contributed by atoms with Gasteiger partial charge in [-0.05, 0) is 54.1 Å². The largest absolute Gasteiger partial charge is 0.478 e. The van der Waals surface area contributed by atoms with Crippen LogP contribution in [0.5, 0.6) is 0 Å². The number of anilines is 2. The number of rotatable bonds is 7. The van der Waals surface area contributed by atoms with E-state index in [2.05, 4.69) is 20.7 Å². The molecule has 0 aliphatic rings. The Hall–Kier alpha value is -3.29. The highest BCUT2D eigenvalue weighted by Gasteiger charge is 2.07. The van der Waals surface area contributed by atoms with E-state index >= 15 is 0 Å². The maximum Gasteiger partial charge on any atom is 0.335 e. The van der Waals surface area contributed by atoms with Crippen LogP contribution >= 0.6 is 23.2 Å². The maximum absolute atomic E-state index is 11.0. The van der Waals surface area contributed by atoms with Gasteiger partial charge in [0, 0.05) is 12.2 Å². The number of halogens is 2. The quantitative estimate of drug-likeness (QED) is 0.375. The molecule has 3 N–H and O–H groups in total. The van der Waals surface area contributed by atoms with Crippen LogP contribution in [0.25, 0.3) is 5.65 Å². The minimum absolute atomic E-state index is 0.245. The highest BCUT2D eigenvalue weighted by Crippen LogP contribution is 2.23. The van der Waals surface area contributed by atoms with E-state index in [1.54, 1.807) is 41.0 Å². The van der Waals surface area contributed by atoms with E-state index in [9.17, 15) is 4.79 Å². The molecule has 152 valence electrons. The van der Waals surface area contributed by atoms with Crippen molar-refractivity contribution in [2.24, 2.45) is 0 Å². The molecule has 4 rings (SSSR count). The predicted octanol–water partition coefficient (Wildman–Crippen LogP) is 4.96. The molecule has 0 spiro atoms. The molecule has 2 aromatic carbocycles. The standard InChI is InChI=1S/C21H17Cl2N5O2/c22-17-6-1-13(9-18(17)23)10-25-19-7-8-20-26-12-16(28(20)27-19)11-24-15-4-2-14(3-5-15)21(29)30/h1-9,12,24H,10-11H2,(H,25,27)(H,29,30). The number of carboxylic acids is 1. The van der Waals surface area contributed by atoms with Crippen LogP contribution < -0.4 is 10.6 Å². The molecular weight excluding hydrogens is 425 g/mol. The second kappa shape index (κ2) is 8.61. The highest BCUT2D eigenvalue weighted by atomic mass is 35.5. The minimum Gasteiger partial charge on any atom is -0.478 e. The Kier molecular flexibility index (Phi) is 5.74. The summed E-state index contributed by atoms with van der Waals surface area (Å²) >= 11 is 12.0. The smallest absolute Gasteiger partial charge is 0.335 e. The lowest BCUT2D eigenvalue weighted by Crippen LogP contribution is -2.08. The summed E-state index contributed by atoms with van der Waals surface area (Å²) < 4.78 is 1.76. The van der Waals surface area contributed by atoms with Gasteiger partial charge >= 0.3 is 5.97 Å². The summed E-state index contributed by atoms with van der Waals surface area (Å²) in [4.78, 5) is 15.3. The van der Waals surface area contributed by atoms with Crippen LogP contribution in [0.4, 0.5) is 11.5 Å². The number of hydrogen-bond acceptors (Lipinski definition) is 5. The van der Waals surface area contributed by atoms with Crippen molar-refractivity contribution in [1.82, 2.24) is 14.6 Å². The fourth-order valence-corrected chi connectivity index (χ4v) is 3.22. The first-order chi connectivity index (χ1) is 14.5. The lowest BCUT2D eigenvalue weighted by Gasteiger charge is -2.09. The number of aromatic carboxylic acids is 1. The van der Waals surface area contributed by atoms with Crippen molar-refractivity contribution < 1.29 is 9.90 Å². The molecule has 0 radical (unpaired) electrons. The second-order valence-corrected chi connectivity index (χ2v) is 7.39. The van der Waals surface area contributed by atoms with Gasteiger partial charge in [-0.3, -0.25) is 0 Å². The van der Waals surface area contributed by atoms with Gasteiger partial charge < -0.3 is 15.7 Å². The van der Waals surface area contributed by atoms with Crippen molar-refractivity contribution in [1.29, 1.82) is 0 Å². The minimum atomic E-state index is -0.951. The fraction of sp³-hybridized carbons (Fsp3) is 0.0952. The molecule has 0 fully saturated rings. The Morgan fingerprint density at radius 2 is 1.77 bits per heavy atom. The molecular formula is C21H17Cl2N5O2. The Balaban J connectivity index is 1.45. The van der Waals surface area contributed by atoms with Crippen LogP contribution in [0.1, 0.15) is 21.6 Å². The molecule has 0 unspecified atom stereocenters. The van der Waals surface area contributed by atoms with E-state index in [0.717, 1.165) is 22.6 Å². The van der Waals surface area contributed by atoms with Crippen molar-refractivity contribution in [3.8, 4) is 0 Å². The Labute approximate surface area is 182 Å². The molecule has 0 aliphatic carbocycles. The first-order valence-corrected chi connectivity index (χ1v) is 9.84. The molecule has 0 saturated carbocycles. The zero-order chi connectivity index (χ0) is 21.1. The van der Waals surface area contributed by atoms with Gasteiger partial charge in [-0.15, -0.1) is 5.10 Å². The second-order valence-electron chi connectivity index (χ2n) is 6.58. The van der Waals surface area contributed by atoms with E-state index in [1.807, 2.05) is 24.3 Å². The van der Waals surface area contributed by atoms with Gasteiger partial charge in [0.15, 0.2) is 5.65 Å². The molecule has 0 amide bonds. The van der Waals surface area contributed by atoms with Crippen molar-refractivity contribution in [3.63, 3.8) is 0 Å². The number of benzene rings is 2. The third kappa shape index (κ3) is 4.48.